The number of benzene rings is 1. The minimum Gasteiger partial charge on any atom is -0.325 e. The van der Waals surface area contributed by atoms with E-state index in [0.29, 0.717) is 5.92 Å². The number of rotatable bonds is 3. The fourth-order valence-corrected chi connectivity index (χ4v) is 2.48. The molecule has 6 nitrogen and oxygen atoms in total. The lowest BCUT2D eigenvalue weighted by atomic mass is 10.0. The lowest BCUT2D eigenvalue weighted by Crippen LogP contribution is -2.39. The number of nitrogens with zero attached hydrogens (tertiary/aromatic N) is 3. The van der Waals surface area contributed by atoms with Gasteiger partial charge in [-0.25, -0.2) is 0 Å². The van der Waals surface area contributed by atoms with E-state index in [1.807, 2.05) is 24.3 Å². The summed E-state index contributed by atoms with van der Waals surface area (Å²) in [6.07, 6.45) is 4.29. The molecule has 20 heavy (non-hydrogen) atoms. The van der Waals surface area contributed by atoms with E-state index < -0.39 is 0 Å². The maximum absolute atomic E-state index is 12.2. The minimum absolute atomic E-state index is 0.0240. The normalized spacial score (nSPS) is 21.9. The number of aromatic nitrogens is 3. The highest BCUT2D eigenvalue weighted by Gasteiger charge is 2.29. The van der Waals surface area contributed by atoms with Crippen LogP contribution in [0.2, 0.25) is 0 Å². The monoisotopic (exact) mass is 271 g/mol. The number of hydrogen-bond donors (Lipinski definition) is 2. The third-order valence-electron chi connectivity index (χ3n) is 3.65. The number of nitrogens with one attached hydrogen (secondary N) is 2. The van der Waals surface area contributed by atoms with Gasteiger partial charge in [0.15, 0.2) is 0 Å². The average Bonchev–Trinajstić information content (AvgIpc) is 3.09. The Labute approximate surface area is 117 Å². The molecule has 1 aliphatic heterocycles. The standard InChI is InChI=1S/C14H17N5O/c1-10-5-6-15-13(10)14(20)18-11-3-2-4-12(7-11)19-8-16-17-9-19/h2-4,7-10,13,15H,5-6H2,1H3,(H,18,20). The lowest BCUT2D eigenvalue weighted by molar-refractivity contribution is -0.118. The van der Waals surface area contributed by atoms with Crippen LogP contribution < -0.4 is 10.6 Å². The molecular formula is C14H17N5O. The van der Waals surface area contributed by atoms with Crippen molar-refractivity contribution in [2.45, 2.75) is 19.4 Å². The molecule has 104 valence electrons. The predicted molar refractivity (Wildman–Crippen MR) is 75.6 cm³/mol. The first-order chi connectivity index (χ1) is 9.74. The van der Waals surface area contributed by atoms with Crippen molar-refractivity contribution >= 4 is 11.6 Å². The van der Waals surface area contributed by atoms with Crippen molar-refractivity contribution in [3.05, 3.63) is 36.9 Å². The van der Waals surface area contributed by atoms with E-state index in [2.05, 4.69) is 27.8 Å². The number of amides is 1. The average molecular weight is 271 g/mol. The first-order valence-electron chi connectivity index (χ1n) is 6.73. The topological polar surface area (TPSA) is 71.8 Å². The van der Waals surface area contributed by atoms with Gasteiger partial charge in [-0.2, -0.15) is 0 Å². The molecule has 2 aromatic rings. The predicted octanol–water partition coefficient (Wildman–Crippen LogP) is 1.20. The summed E-state index contributed by atoms with van der Waals surface area (Å²) in [5.41, 5.74) is 1.70. The molecule has 0 aliphatic carbocycles. The Morgan fingerprint density at radius 2 is 2.20 bits per heavy atom. The quantitative estimate of drug-likeness (QED) is 0.880. The molecule has 1 saturated heterocycles. The summed E-state index contributed by atoms with van der Waals surface area (Å²) in [5, 5.41) is 13.7. The van der Waals surface area contributed by atoms with E-state index in [0.717, 1.165) is 24.3 Å². The molecule has 2 unspecified atom stereocenters. The van der Waals surface area contributed by atoms with Crippen LogP contribution >= 0.6 is 0 Å². The lowest BCUT2D eigenvalue weighted by Gasteiger charge is -2.15. The molecule has 0 saturated carbocycles. The van der Waals surface area contributed by atoms with Crippen LogP contribution in [-0.2, 0) is 4.79 Å². The third kappa shape index (κ3) is 2.55. The molecule has 1 aromatic heterocycles. The van der Waals surface area contributed by atoms with Crippen molar-refractivity contribution in [1.82, 2.24) is 20.1 Å². The zero-order chi connectivity index (χ0) is 13.9. The molecular weight excluding hydrogens is 254 g/mol. The van der Waals surface area contributed by atoms with Crippen LogP contribution in [0.3, 0.4) is 0 Å². The maximum atomic E-state index is 12.2. The molecule has 0 spiro atoms. The second-order valence-corrected chi connectivity index (χ2v) is 5.11. The zero-order valence-electron chi connectivity index (χ0n) is 11.3. The van der Waals surface area contributed by atoms with Gasteiger partial charge in [-0.3, -0.25) is 9.36 Å². The summed E-state index contributed by atoms with van der Waals surface area (Å²) in [6.45, 7) is 3.00. The fourth-order valence-electron chi connectivity index (χ4n) is 2.48. The molecule has 2 atom stereocenters. The second kappa shape index (κ2) is 5.42. The van der Waals surface area contributed by atoms with Crippen molar-refractivity contribution in [2.24, 2.45) is 5.92 Å². The molecule has 1 amide bonds. The number of anilines is 1. The zero-order valence-corrected chi connectivity index (χ0v) is 11.3. The summed E-state index contributed by atoms with van der Waals surface area (Å²) in [5.74, 6) is 0.395. The van der Waals surface area contributed by atoms with Gasteiger partial charge in [0.25, 0.3) is 0 Å². The van der Waals surface area contributed by atoms with Crippen LogP contribution in [0.25, 0.3) is 5.69 Å². The van der Waals surface area contributed by atoms with E-state index in [1.54, 1.807) is 17.2 Å². The van der Waals surface area contributed by atoms with Gasteiger partial charge >= 0.3 is 0 Å². The molecule has 0 radical (unpaired) electrons. The Morgan fingerprint density at radius 3 is 2.90 bits per heavy atom. The Kier molecular flexibility index (Phi) is 3.47. The van der Waals surface area contributed by atoms with Crippen molar-refractivity contribution < 1.29 is 4.79 Å². The van der Waals surface area contributed by atoms with Gasteiger partial charge < -0.3 is 10.6 Å². The molecule has 1 aliphatic rings. The van der Waals surface area contributed by atoms with Gasteiger partial charge in [-0.1, -0.05) is 13.0 Å². The van der Waals surface area contributed by atoms with Gasteiger partial charge in [0.1, 0.15) is 12.7 Å². The highest BCUT2D eigenvalue weighted by Crippen LogP contribution is 2.18. The maximum Gasteiger partial charge on any atom is 0.241 e. The van der Waals surface area contributed by atoms with Crippen LogP contribution in [0.15, 0.2) is 36.9 Å². The van der Waals surface area contributed by atoms with Gasteiger partial charge in [-0.15, -0.1) is 10.2 Å². The van der Waals surface area contributed by atoms with Crippen LogP contribution in [0.5, 0.6) is 0 Å². The summed E-state index contributed by atoms with van der Waals surface area (Å²) in [6, 6.07) is 7.52. The SMILES string of the molecule is CC1CCNC1C(=O)Nc1cccc(-n2cnnc2)c1. The molecule has 3 rings (SSSR count). The third-order valence-corrected chi connectivity index (χ3v) is 3.65. The fraction of sp³-hybridized carbons (Fsp3) is 0.357. The molecule has 6 heteroatoms. The van der Waals surface area contributed by atoms with Gasteiger partial charge in [0, 0.05) is 5.69 Å². The van der Waals surface area contributed by atoms with Crippen LogP contribution in [0, 0.1) is 5.92 Å². The largest absolute Gasteiger partial charge is 0.325 e. The summed E-state index contributed by atoms with van der Waals surface area (Å²) in [7, 11) is 0. The van der Waals surface area contributed by atoms with Crippen LogP contribution in [-0.4, -0.2) is 33.3 Å². The minimum atomic E-state index is -0.103. The van der Waals surface area contributed by atoms with E-state index in [1.165, 1.54) is 0 Å². The first-order valence-corrected chi connectivity index (χ1v) is 6.73. The highest BCUT2D eigenvalue weighted by atomic mass is 16.2. The Bertz CT molecular complexity index is 595. The summed E-state index contributed by atoms with van der Waals surface area (Å²) in [4.78, 5) is 12.2. The van der Waals surface area contributed by atoms with E-state index in [4.69, 9.17) is 0 Å². The molecule has 1 fully saturated rings. The second-order valence-electron chi connectivity index (χ2n) is 5.11. The Balaban J connectivity index is 1.74. The molecule has 2 heterocycles. The van der Waals surface area contributed by atoms with Crippen molar-refractivity contribution in [2.75, 3.05) is 11.9 Å². The van der Waals surface area contributed by atoms with Gasteiger partial charge in [-0.05, 0) is 37.1 Å². The Hall–Kier alpha value is -2.21. The number of hydrogen-bond acceptors (Lipinski definition) is 4. The number of carbonyl (C=O) groups is 1. The van der Waals surface area contributed by atoms with Crippen molar-refractivity contribution in [1.29, 1.82) is 0 Å². The van der Waals surface area contributed by atoms with E-state index in [-0.39, 0.29) is 11.9 Å². The smallest absolute Gasteiger partial charge is 0.241 e. The Morgan fingerprint density at radius 1 is 1.40 bits per heavy atom. The summed E-state index contributed by atoms with van der Waals surface area (Å²) >= 11 is 0. The highest BCUT2D eigenvalue weighted by molar-refractivity contribution is 5.95. The van der Waals surface area contributed by atoms with Crippen molar-refractivity contribution in [3.8, 4) is 5.69 Å². The molecule has 2 N–H and O–H groups in total. The number of carbonyl (C=O) groups excluding carboxylic acids is 1. The summed E-state index contributed by atoms with van der Waals surface area (Å²) < 4.78 is 1.80. The molecule has 1 aromatic carbocycles. The molecule has 0 bridgehead atoms. The van der Waals surface area contributed by atoms with Gasteiger partial charge in [0.2, 0.25) is 5.91 Å². The van der Waals surface area contributed by atoms with E-state index in [9.17, 15) is 4.79 Å². The van der Waals surface area contributed by atoms with Gasteiger partial charge in [0.05, 0.1) is 11.7 Å². The van der Waals surface area contributed by atoms with Crippen LogP contribution in [0.1, 0.15) is 13.3 Å². The van der Waals surface area contributed by atoms with Crippen LogP contribution in [0.4, 0.5) is 5.69 Å². The van der Waals surface area contributed by atoms with E-state index >= 15 is 0 Å². The van der Waals surface area contributed by atoms with Crippen molar-refractivity contribution in [3.63, 3.8) is 0 Å². The first kappa shape index (κ1) is 12.8.